The number of nitrogens with one attached hydrogen (secondary N) is 1. The molecule has 1 unspecified atom stereocenters. The summed E-state index contributed by atoms with van der Waals surface area (Å²) in [5, 5.41) is 6.59. The maximum Gasteiger partial charge on any atom is 0.119 e. The number of hydrogen-bond acceptors (Lipinski definition) is 4. The first-order valence-electron chi connectivity index (χ1n) is 5.76. The van der Waals surface area contributed by atoms with Crippen molar-refractivity contribution >= 4 is 11.3 Å². The van der Waals surface area contributed by atoms with E-state index in [1.54, 1.807) is 18.4 Å². The van der Waals surface area contributed by atoms with Crippen LogP contribution in [0.1, 0.15) is 31.5 Å². The van der Waals surface area contributed by atoms with E-state index in [0.29, 0.717) is 12.5 Å². The Kier molecular flexibility index (Phi) is 5.95. The van der Waals surface area contributed by atoms with Crippen molar-refractivity contribution in [2.24, 2.45) is 11.8 Å². The molecule has 0 spiro atoms. The number of nitrogens with zero attached hydrogens (tertiary/aromatic N) is 1. The second-order valence-electron chi connectivity index (χ2n) is 4.52. The highest BCUT2D eigenvalue weighted by Gasteiger charge is 2.07. The van der Waals surface area contributed by atoms with Crippen LogP contribution in [-0.2, 0) is 17.9 Å². The number of aromatic nitrogens is 1. The predicted octanol–water partition coefficient (Wildman–Crippen LogP) is 2.67. The molecule has 1 N–H and O–H groups in total. The number of rotatable bonds is 7. The van der Waals surface area contributed by atoms with Gasteiger partial charge < -0.3 is 10.1 Å². The van der Waals surface area contributed by atoms with Crippen molar-refractivity contribution in [2.75, 3.05) is 13.7 Å². The topological polar surface area (TPSA) is 34.1 Å². The Morgan fingerprint density at radius 2 is 2.19 bits per heavy atom. The molecule has 0 saturated heterocycles. The van der Waals surface area contributed by atoms with E-state index >= 15 is 0 Å². The fourth-order valence-corrected chi connectivity index (χ4v) is 2.05. The van der Waals surface area contributed by atoms with Crippen LogP contribution in [0.3, 0.4) is 0 Å². The van der Waals surface area contributed by atoms with Gasteiger partial charge in [0.05, 0.1) is 12.3 Å². The van der Waals surface area contributed by atoms with Crippen LogP contribution in [0.5, 0.6) is 0 Å². The van der Waals surface area contributed by atoms with Crippen molar-refractivity contribution in [2.45, 2.75) is 33.9 Å². The van der Waals surface area contributed by atoms with Gasteiger partial charge in [0.25, 0.3) is 0 Å². The summed E-state index contributed by atoms with van der Waals surface area (Å²) < 4.78 is 5.04. The maximum atomic E-state index is 5.04. The summed E-state index contributed by atoms with van der Waals surface area (Å²) in [5.74, 6) is 1.43. The second kappa shape index (κ2) is 6.99. The van der Waals surface area contributed by atoms with Crippen LogP contribution in [0.2, 0.25) is 0 Å². The van der Waals surface area contributed by atoms with Crippen LogP contribution in [0.15, 0.2) is 5.38 Å². The van der Waals surface area contributed by atoms with Gasteiger partial charge in [0.1, 0.15) is 5.01 Å². The molecule has 1 rings (SSSR count). The van der Waals surface area contributed by atoms with Crippen LogP contribution in [-0.4, -0.2) is 18.6 Å². The summed E-state index contributed by atoms with van der Waals surface area (Å²) >= 11 is 1.66. The van der Waals surface area contributed by atoms with Gasteiger partial charge in [-0.25, -0.2) is 4.98 Å². The molecule has 0 aliphatic carbocycles. The third-order valence-electron chi connectivity index (χ3n) is 2.78. The zero-order valence-corrected chi connectivity index (χ0v) is 11.4. The molecule has 0 saturated carbocycles. The monoisotopic (exact) mass is 242 g/mol. The average Bonchev–Trinajstić information content (AvgIpc) is 2.66. The quantitative estimate of drug-likeness (QED) is 0.798. The molecule has 16 heavy (non-hydrogen) atoms. The molecule has 0 aliphatic rings. The van der Waals surface area contributed by atoms with Crippen LogP contribution in [0.25, 0.3) is 0 Å². The molecule has 1 aromatic rings. The van der Waals surface area contributed by atoms with Gasteiger partial charge in [-0.1, -0.05) is 20.8 Å². The lowest BCUT2D eigenvalue weighted by molar-refractivity contribution is 0.184. The normalized spacial score (nSPS) is 13.3. The first kappa shape index (κ1) is 13.6. The zero-order valence-electron chi connectivity index (χ0n) is 10.6. The molecule has 1 aromatic heterocycles. The zero-order chi connectivity index (χ0) is 12.0. The molecule has 1 atom stereocenters. The molecule has 4 heteroatoms. The van der Waals surface area contributed by atoms with E-state index in [1.165, 1.54) is 0 Å². The van der Waals surface area contributed by atoms with E-state index in [4.69, 9.17) is 4.74 Å². The molecule has 0 bridgehead atoms. The van der Waals surface area contributed by atoms with E-state index in [0.717, 1.165) is 29.7 Å². The highest BCUT2D eigenvalue weighted by molar-refractivity contribution is 7.09. The van der Waals surface area contributed by atoms with Gasteiger partial charge in [0.15, 0.2) is 0 Å². The van der Waals surface area contributed by atoms with Crippen LogP contribution in [0.4, 0.5) is 0 Å². The minimum Gasteiger partial charge on any atom is -0.378 e. The number of thiazole rings is 1. The van der Waals surface area contributed by atoms with E-state index in [9.17, 15) is 0 Å². The van der Waals surface area contributed by atoms with Crippen molar-refractivity contribution in [3.63, 3.8) is 0 Å². The molecule has 0 fully saturated rings. The predicted molar refractivity (Wildman–Crippen MR) is 68.5 cm³/mol. The summed E-state index contributed by atoms with van der Waals surface area (Å²) in [4.78, 5) is 4.47. The van der Waals surface area contributed by atoms with Gasteiger partial charge in [0.2, 0.25) is 0 Å². The SMILES string of the molecule is COCc1nc(CNCC(C)C(C)C)cs1. The molecule has 0 radical (unpaired) electrons. The van der Waals surface area contributed by atoms with E-state index in [2.05, 4.69) is 36.5 Å². The maximum absolute atomic E-state index is 5.04. The fourth-order valence-electron chi connectivity index (χ4n) is 1.28. The molecule has 0 aromatic carbocycles. The Balaban J connectivity index is 2.26. The Bertz CT molecular complexity index is 299. The third kappa shape index (κ3) is 4.60. The van der Waals surface area contributed by atoms with Crippen molar-refractivity contribution < 1.29 is 4.74 Å². The van der Waals surface area contributed by atoms with Gasteiger partial charge in [-0.2, -0.15) is 0 Å². The fraction of sp³-hybridized carbons (Fsp3) is 0.750. The average molecular weight is 242 g/mol. The van der Waals surface area contributed by atoms with Crippen molar-refractivity contribution in [1.82, 2.24) is 10.3 Å². The summed E-state index contributed by atoms with van der Waals surface area (Å²) in [6.45, 7) is 9.31. The second-order valence-corrected chi connectivity index (χ2v) is 5.46. The first-order valence-corrected chi connectivity index (χ1v) is 6.64. The first-order chi connectivity index (χ1) is 7.63. The Morgan fingerprint density at radius 1 is 1.44 bits per heavy atom. The lowest BCUT2D eigenvalue weighted by Crippen LogP contribution is -2.23. The summed E-state index contributed by atoms with van der Waals surface area (Å²) in [6.07, 6.45) is 0. The minimum absolute atomic E-state index is 0.618. The highest BCUT2D eigenvalue weighted by Crippen LogP contribution is 2.11. The molecule has 0 aliphatic heterocycles. The van der Waals surface area contributed by atoms with Crippen molar-refractivity contribution in [1.29, 1.82) is 0 Å². The minimum atomic E-state index is 0.618. The standard InChI is InChI=1S/C12H22N2OS/c1-9(2)10(3)5-13-6-11-8-16-12(14-11)7-15-4/h8-10,13H,5-7H2,1-4H3. The van der Waals surface area contributed by atoms with Crippen molar-refractivity contribution in [3.8, 4) is 0 Å². The molecule has 3 nitrogen and oxygen atoms in total. The smallest absolute Gasteiger partial charge is 0.119 e. The van der Waals surface area contributed by atoms with Gasteiger partial charge in [-0.15, -0.1) is 11.3 Å². The number of hydrogen-bond donors (Lipinski definition) is 1. The lowest BCUT2D eigenvalue weighted by Gasteiger charge is -2.15. The third-order valence-corrected chi connectivity index (χ3v) is 3.65. The van der Waals surface area contributed by atoms with Gasteiger partial charge in [-0.05, 0) is 18.4 Å². The van der Waals surface area contributed by atoms with Gasteiger partial charge in [0, 0.05) is 19.0 Å². The molecule has 0 amide bonds. The van der Waals surface area contributed by atoms with E-state index in [1.807, 2.05) is 0 Å². The van der Waals surface area contributed by atoms with Crippen LogP contribution >= 0.6 is 11.3 Å². The van der Waals surface area contributed by atoms with Gasteiger partial charge in [-0.3, -0.25) is 0 Å². The molecule has 92 valence electrons. The molecular weight excluding hydrogens is 220 g/mol. The molecular formula is C12H22N2OS. The Morgan fingerprint density at radius 3 is 2.81 bits per heavy atom. The van der Waals surface area contributed by atoms with Gasteiger partial charge >= 0.3 is 0 Å². The van der Waals surface area contributed by atoms with E-state index in [-0.39, 0.29) is 0 Å². The number of ether oxygens (including phenoxy) is 1. The summed E-state index contributed by atoms with van der Waals surface area (Å²) in [7, 11) is 1.70. The Labute approximate surface area is 102 Å². The van der Waals surface area contributed by atoms with Crippen LogP contribution in [0, 0.1) is 11.8 Å². The van der Waals surface area contributed by atoms with Crippen LogP contribution < -0.4 is 5.32 Å². The Hall–Kier alpha value is -0.450. The number of methoxy groups -OCH3 is 1. The van der Waals surface area contributed by atoms with E-state index < -0.39 is 0 Å². The highest BCUT2D eigenvalue weighted by atomic mass is 32.1. The summed E-state index contributed by atoms with van der Waals surface area (Å²) in [6, 6.07) is 0. The largest absolute Gasteiger partial charge is 0.378 e. The lowest BCUT2D eigenvalue weighted by atomic mass is 9.98. The van der Waals surface area contributed by atoms with Crippen molar-refractivity contribution in [3.05, 3.63) is 16.1 Å². The summed E-state index contributed by atoms with van der Waals surface area (Å²) in [5.41, 5.74) is 1.12. The molecule has 1 heterocycles.